The Morgan fingerprint density at radius 1 is 0.469 bits per heavy atom. The molecule has 9 heteroatoms. The van der Waals surface area contributed by atoms with Crippen molar-refractivity contribution in [3.8, 4) is 56.4 Å². The van der Waals surface area contributed by atoms with Crippen molar-refractivity contribution < 1.29 is 31.9 Å². The standard InChI is InChI=1S/C40H35O7PS/c1-44-31-20-13-21-32(45-2)38(31)29-18-12-19-30(39-33(46-3)22-14-23-34(39)47-4)40(29)48(36-25-10-11-26-37(36)49(41,42)43)35-24-9-8-17-28(35)27-15-6-5-7-16-27/h5-26H,1-4H3,(H,41,42,43). The summed E-state index contributed by atoms with van der Waals surface area (Å²) in [6, 6.07) is 41.6. The number of methoxy groups -OCH3 is 4. The fourth-order valence-electron chi connectivity index (χ4n) is 6.18. The molecule has 248 valence electrons. The predicted octanol–water partition coefficient (Wildman–Crippen LogP) is 7.73. The quantitative estimate of drug-likeness (QED) is 0.110. The molecule has 0 aliphatic rings. The van der Waals surface area contributed by atoms with E-state index in [1.54, 1.807) is 46.6 Å². The molecule has 0 fully saturated rings. The zero-order chi connectivity index (χ0) is 34.5. The largest absolute Gasteiger partial charge is 0.496 e. The molecule has 6 rings (SSSR count). The zero-order valence-electron chi connectivity index (χ0n) is 27.5. The van der Waals surface area contributed by atoms with E-state index in [0.29, 0.717) is 39.4 Å². The normalized spacial score (nSPS) is 11.9. The third-order valence-corrected chi connectivity index (χ3v) is 12.0. The molecule has 0 aromatic heterocycles. The number of hydrogen-bond donors (Lipinski definition) is 1. The van der Waals surface area contributed by atoms with E-state index >= 15 is 0 Å². The first kappa shape index (κ1) is 33.7. The Balaban J connectivity index is 1.87. The van der Waals surface area contributed by atoms with Gasteiger partial charge in [0.1, 0.15) is 27.9 Å². The number of hydrogen-bond acceptors (Lipinski definition) is 6. The minimum absolute atomic E-state index is 0.177. The summed E-state index contributed by atoms with van der Waals surface area (Å²) < 4.78 is 60.8. The molecule has 0 radical (unpaired) electrons. The Labute approximate surface area is 288 Å². The summed E-state index contributed by atoms with van der Waals surface area (Å²) in [4.78, 5) is -0.177. The molecule has 1 atom stereocenters. The van der Waals surface area contributed by atoms with Crippen LogP contribution >= 0.6 is 7.92 Å². The van der Waals surface area contributed by atoms with Crippen LogP contribution in [0.1, 0.15) is 0 Å². The molecule has 0 amide bonds. The van der Waals surface area contributed by atoms with Crippen molar-refractivity contribution in [3.63, 3.8) is 0 Å². The van der Waals surface area contributed by atoms with Gasteiger partial charge in [0.15, 0.2) is 0 Å². The highest BCUT2D eigenvalue weighted by Crippen LogP contribution is 2.50. The summed E-state index contributed by atoms with van der Waals surface area (Å²) in [5, 5.41) is 2.10. The lowest BCUT2D eigenvalue weighted by molar-refractivity contribution is 0.397. The number of ether oxygens (including phenoxy) is 4. The Bertz CT molecular complexity index is 2100. The highest BCUT2D eigenvalue weighted by Gasteiger charge is 2.33. The van der Waals surface area contributed by atoms with Crippen LogP contribution in [0, 0.1) is 0 Å². The summed E-state index contributed by atoms with van der Waals surface area (Å²) >= 11 is 0. The van der Waals surface area contributed by atoms with Crippen molar-refractivity contribution in [2.45, 2.75) is 4.90 Å². The number of benzene rings is 6. The Morgan fingerprint density at radius 2 is 0.878 bits per heavy atom. The van der Waals surface area contributed by atoms with Crippen molar-refractivity contribution in [2.24, 2.45) is 0 Å². The second kappa shape index (κ2) is 14.5. The SMILES string of the molecule is COc1cccc(OC)c1-c1cccc(-c2c(OC)cccc2OC)c1P(c1ccccc1-c1ccccc1)c1ccccc1S(=O)(=O)O. The van der Waals surface area contributed by atoms with Crippen molar-refractivity contribution in [3.05, 3.63) is 133 Å². The van der Waals surface area contributed by atoms with Crippen LogP contribution in [0.15, 0.2) is 138 Å². The van der Waals surface area contributed by atoms with E-state index < -0.39 is 18.0 Å². The van der Waals surface area contributed by atoms with Crippen LogP contribution in [0.4, 0.5) is 0 Å². The minimum atomic E-state index is -4.66. The van der Waals surface area contributed by atoms with Gasteiger partial charge in [0.2, 0.25) is 0 Å². The van der Waals surface area contributed by atoms with Crippen molar-refractivity contribution in [1.82, 2.24) is 0 Å². The molecular formula is C40H35O7PS. The monoisotopic (exact) mass is 690 g/mol. The first-order valence-corrected chi connectivity index (χ1v) is 18.2. The van der Waals surface area contributed by atoms with Gasteiger partial charge in [-0.15, -0.1) is 0 Å². The van der Waals surface area contributed by atoms with Crippen molar-refractivity contribution >= 4 is 34.0 Å². The van der Waals surface area contributed by atoms with E-state index in [9.17, 15) is 13.0 Å². The zero-order valence-corrected chi connectivity index (χ0v) is 29.2. The van der Waals surface area contributed by atoms with E-state index in [-0.39, 0.29) is 4.90 Å². The van der Waals surface area contributed by atoms with Crippen LogP contribution in [-0.2, 0) is 10.1 Å². The van der Waals surface area contributed by atoms with E-state index in [1.165, 1.54) is 6.07 Å². The highest BCUT2D eigenvalue weighted by atomic mass is 32.2. The van der Waals surface area contributed by atoms with Gasteiger partial charge in [0, 0.05) is 10.6 Å². The molecule has 0 saturated carbocycles. The minimum Gasteiger partial charge on any atom is -0.496 e. The van der Waals surface area contributed by atoms with Gasteiger partial charge in [-0.3, -0.25) is 4.55 Å². The highest BCUT2D eigenvalue weighted by molar-refractivity contribution is 7.88. The smallest absolute Gasteiger partial charge is 0.295 e. The Kier molecular flexibility index (Phi) is 10.0. The lowest BCUT2D eigenvalue weighted by Gasteiger charge is -2.30. The van der Waals surface area contributed by atoms with E-state index in [4.69, 9.17) is 18.9 Å². The first-order chi connectivity index (χ1) is 23.8. The molecule has 0 aliphatic carbocycles. The van der Waals surface area contributed by atoms with Crippen LogP contribution in [-0.4, -0.2) is 41.4 Å². The van der Waals surface area contributed by atoms with Gasteiger partial charge in [-0.25, -0.2) is 0 Å². The molecule has 7 nitrogen and oxygen atoms in total. The predicted molar refractivity (Wildman–Crippen MR) is 197 cm³/mol. The summed E-state index contributed by atoms with van der Waals surface area (Å²) in [5.74, 6) is 2.27. The average Bonchev–Trinajstić information content (AvgIpc) is 3.14. The third-order valence-electron chi connectivity index (χ3n) is 8.27. The van der Waals surface area contributed by atoms with Gasteiger partial charge in [0.25, 0.3) is 10.1 Å². The molecule has 6 aromatic carbocycles. The molecule has 0 bridgehead atoms. The number of rotatable bonds is 11. The molecule has 1 unspecified atom stereocenters. The lowest BCUT2D eigenvalue weighted by Crippen LogP contribution is -2.28. The molecule has 0 spiro atoms. The van der Waals surface area contributed by atoms with Gasteiger partial charge in [0.05, 0.1) is 39.6 Å². The molecule has 6 aromatic rings. The van der Waals surface area contributed by atoms with E-state index in [1.807, 2.05) is 109 Å². The van der Waals surface area contributed by atoms with E-state index in [0.717, 1.165) is 32.9 Å². The van der Waals surface area contributed by atoms with Crippen LogP contribution in [0.3, 0.4) is 0 Å². The summed E-state index contributed by atoms with van der Waals surface area (Å²) in [6.07, 6.45) is 0. The Morgan fingerprint density at radius 3 is 1.37 bits per heavy atom. The topological polar surface area (TPSA) is 91.3 Å². The summed E-state index contributed by atoms with van der Waals surface area (Å²) in [6.45, 7) is 0. The van der Waals surface area contributed by atoms with Crippen molar-refractivity contribution in [2.75, 3.05) is 28.4 Å². The van der Waals surface area contributed by atoms with Crippen LogP contribution in [0.5, 0.6) is 23.0 Å². The third kappa shape index (κ3) is 6.51. The molecule has 0 saturated heterocycles. The van der Waals surface area contributed by atoms with Crippen LogP contribution < -0.4 is 34.9 Å². The molecule has 1 N–H and O–H groups in total. The van der Waals surface area contributed by atoms with Gasteiger partial charge >= 0.3 is 0 Å². The second-order valence-corrected chi connectivity index (χ2v) is 14.4. The lowest BCUT2D eigenvalue weighted by atomic mass is 9.96. The van der Waals surface area contributed by atoms with Crippen LogP contribution in [0.2, 0.25) is 0 Å². The maximum Gasteiger partial charge on any atom is 0.295 e. The summed E-state index contributed by atoms with van der Waals surface area (Å²) in [5.41, 5.74) is 4.75. The molecule has 0 heterocycles. The first-order valence-electron chi connectivity index (χ1n) is 15.4. The van der Waals surface area contributed by atoms with Gasteiger partial charge in [-0.05, 0) is 65.8 Å². The van der Waals surface area contributed by atoms with Crippen molar-refractivity contribution in [1.29, 1.82) is 0 Å². The fraction of sp³-hybridized carbons (Fsp3) is 0.100. The summed E-state index contributed by atoms with van der Waals surface area (Å²) in [7, 11) is -0.0425. The maximum absolute atomic E-state index is 13.2. The maximum atomic E-state index is 13.2. The molecular weight excluding hydrogens is 655 g/mol. The van der Waals surface area contributed by atoms with Crippen LogP contribution in [0.25, 0.3) is 33.4 Å². The Hall–Kier alpha value is -5.14. The average molecular weight is 691 g/mol. The van der Waals surface area contributed by atoms with Gasteiger partial charge in [-0.1, -0.05) is 103 Å². The van der Waals surface area contributed by atoms with Gasteiger partial charge < -0.3 is 18.9 Å². The molecule has 0 aliphatic heterocycles. The van der Waals surface area contributed by atoms with Gasteiger partial charge in [-0.2, -0.15) is 8.42 Å². The fourth-order valence-corrected chi connectivity index (χ4v) is 10.2. The van der Waals surface area contributed by atoms with E-state index in [2.05, 4.69) is 0 Å². The second-order valence-electron chi connectivity index (χ2n) is 10.9. The molecule has 49 heavy (non-hydrogen) atoms.